The maximum atomic E-state index is 4.30. The normalized spacial score (nSPS) is 24.1. The third-order valence-corrected chi connectivity index (χ3v) is 4.51. The van der Waals surface area contributed by atoms with E-state index in [1.807, 2.05) is 30.1 Å². The zero-order chi connectivity index (χ0) is 10.2. The Morgan fingerprint density at radius 3 is 2.79 bits per heavy atom. The molecule has 2 heterocycles. The van der Waals surface area contributed by atoms with Crippen molar-refractivity contribution in [2.24, 2.45) is 0 Å². The Hall–Kier alpha value is -0.220. The largest absolute Gasteiger partial charge is 0.365 e. The van der Waals surface area contributed by atoms with Crippen LogP contribution >= 0.6 is 27.7 Å². The Kier molecular flexibility index (Phi) is 2.75. The van der Waals surface area contributed by atoms with E-state index in [2.05, 4.69) is 40.1 Å². The van der Waals surface area contributed by atoms with Gasteiger partial charge in [-0.3, -0.25) is 0 Å². The highest BCUT2D eigenvalue weighted by Crippen LogP contribution is 2.41. The summed E-state index contributed by atoms with van der Waals surface area (Å²) in [6.07, 6.45) is 1.82. The van der Waals surface area contributed by atoms with Crippen LogP contribution in [0, 0.1) is 0 Å². The molecule has 0 aliphatic carbocycles. The topological polar surface area (TPSA) is 24.9 Å². The molecule has 4 heteroatoms. The van der Waals surface area contributed by atoms with E-state index in [0.717, 1.165) is 10.3 Å². The van der Waals surface area contributed by atoms with Gasteiger partial charge in [-0.05, 0) is 41.9 Å². The summed E-state index contributed by atoms with van der Waals surface area (Å²) in [5, 5.41) is 3.44. The van der Waals surface area contributed by atoms with Gasteiger partial charge in [-0.2, -0.15) is 11.8 Å². The summed E-state index contributed by atoms with van der Waals surface area (Å²) in [6.45, 7) is 4.52. The van der Waals surface area contributed by atoms with Gasteiger partial charge in [0.05, 0.1) is 6.04 Å². The van der Waals surface area contributed by atoms with Crippen LogP contribution in [-0.2, 0) is 0 Å². The van der Waals surface area contributed by atoms with E-state index < -0.39 is 0 Å². The van der Waals surface area contributed by atoms with Gasteiger partial charge in [0, 0.05) is 21.2 Å². The molecule has 0 bridgehead atoms. The van der Waals surface area contributed by atoms with Gasteiger partial charge in [0.2, 0.25) is 0 Å². The van der Waals surface area contributed by atoms with Crippen molar-refractivity contribution >= 4 is 33.5 Å². The Labute approximate surface area is 97.0 Å². The lowest BCUT2D eigenvalue weighted by Gasteiger charge is -2.44. The second-order valence-corrected chi connectivity index (χ2v) is 6.56. The van der Waals surface area contributed by atoms with Crippen molar-refractivity contribution in [3.8, 4) is 0 Å². The predicted molar refractivity (Wildman–Crippen MR) is 65.9 cm³/mol. The molecule has 1 aliphatic heterocycles. The highest BCUT2D eigenvalue weighted by molar-refractivity contribution is 9.10. The van der Waals surface area contributed by atoms with E-state index >= 15 is 0 Å². The number of pyridine rings is 1. The van der Waals surface area contributed by atoms with Crippen molar-refractivity contribution in [1.82, 2.24) is 4.98 Å². The molecule has 0 aromatic carbocycles. The maximum absolute atomic E-state index is 4.30. The molecule has 0 amide bonds. The van der Waals surface area contributed by atoms with E-state index in [9.17, 15) is 0 Å². The molecular formula is C10H13BrN2S. The monoisotopic (exact) mass is 272 g/mol. The molecule has 14 heavy (non-hydrogen) atoms. The van der Waals surface area contributed by atoms with E-state index in [1.165, 1.54) is 5.75 Å². The molecule has 76 valence electrons. The van der Waals surface area contributed by atoms with Crippen LogP contribution in [0.5, 0.6) is 0 Å². The first-order valence-electron chi connectivity index (χ1n) is 4.60. The first-order chi connectivity index (χ1) is 6.58. The summed E-state index contributed by atoms with van der Waals surface area (Å²) in [5.41, 5.74) is 0. The SMILES string of the molecule is CC1(C)SCC1Nc1ccc(Br)cn1. The van der Waals surface area contributed by atoms with Crippen molar-refractivity contribution in [1.29, 1.82) is 0 Å². The lowest BCUT2D eigenvalue weighted by atomic mass is 10.0. The highest BCUT2D eigenvalue weighted by Gasteiger charge is 2.39. The molecule has 2 rings (SSSR count). The third-order valence-electron chi connectivity index (χ3n) is 2.51. The van der Waals surface area contributed by atoms with Crippen LogP contribution < -0.4 is 5.32 Å². The number of rotatable bonds is 2. The Morgan fingerprint density at radius 1 is 1.57 bits per heavy atom. The van der Waals surface area contributed by atoms with Gasteiger partial charge >= 0.3 is 0 Å². The Balaban J connectivity index is 2.01. The number of aromatic nitrogens is 1. The predicted octanol–water partition coefficient (Wildman–Crippen LogP) is 3.15. The van der Waals surface area contributed by atoms with Crippen molar-refractivity contribution < 1.29 is 0 Å². The van der Waals surface area contributed by atoms with Crippen LogP contribution in [0.1, 0.15) is 13.8 Å². The van der Waals surface area contributed by atoms with Crippen LogP contribution in [0.25, 0.3) is 0 Å². The molecule has 1 unspecified atom stereocenters. The number of thioether (sulfide) groups is 1. The quantitative estimate of drug-likeness (QED) is 0.896. The number of hydrogen-bond donors (Lipinski definition) is 1. The smallest absolute Gasteiger partial charge is 0.126 e. The van der Waals surface area contributed by atoms with Crippen LogP contribution in [0.2, 0.25) is 0 Å². The molecule has 1 aliphatic rings. The van der Waals surface area contributed by atoms with E-state index in [4.69, 9.17) is 0 Å². The number of halogens is 1. The standard InChI is InChI=1S/C10H13BrN2S/c1-10(2)8(6-14-10)13-9-4-3-7(11)5-12-9/h3-5,8H,6H2,1-2H3,(H,12,13). The fraction of sp³-hybridized carbons (Fsp3) is 0.500. The minimum absolute atomic E-state index is 0.342. The zero-order valence-electron chi connectivity index (χ0n) is 8.25. The van der Waals surface area contributed by atoms with Crippen LogP contribution in [0.4, 0.5) is 5.82 Å². The second kappa shape index (κ2) is 3.74. The van der Waals surface area contributed by atoms with Gasteiger partial charge in [-0.25, -0.2) is 4.98 Å². The fourth-order valence-corrected chi connectivity index (χ4v) is 2.73. The zero-order valence-corrected chi connectivity index (χ0v) is 10.7. The van der Waals surface area contributed by atoms with Crippen LogP contribution in [-0.4, -0.2) is 21.5 Å². The van der Waals surface area contributed by atoms with Gasteiger partial charge < -0.3 is 5.32 Å². The highest BCUT2D eigenvalue weighted by atomic mass is 79.9. The average molecular weight is 273 g/mol. The summed E-state index contributed by atoms with van der Waals surface area (Å²) in [7, 11) is 0. The van der Waals surface area contributed by atoms with Gasteiger partial charge in [0.15, 0.2) is 0 Å². The van der Waals surface area contributed by atoms with Crippen LogP contribution in [0.3, 0.4) is 0 Å². The lowest BCUT2D eigenvalue weighted by molar-refractivity contribution is 0.574. The maximum Gasteiger partial charge on any atom is 0.126 e. The van der Waals surface area contributed by atoms with Gasteiger partial charge in [0.25, 0.3) is 0 Å². The van der Waals surface area contributed by atoms with Crippen LogP contribution in [0.15, 0.2) is 22.8 Å². The number of anilines is 1. The van der Waals surface area contributed by atoms with Crippen molar-refractivity contribution in [3.05, 3.63) is 22.8 Å². The summed E-state index contributed by atoms with van der Waals surface area (Å²) in [4.78, 5) is 4.30. The summed E-state index contributed by atoms with van der Waals surface area (Å²) >= 11 is 5.36. The summed E-state index contributed by atoms with van der Waals surface area (Å²) < 4.78 is 1.36. The fourth-order valence-electron chi connectivity index (χ4n) is 1.36. The lowest BCUT2D eigenvalue weighted by Crippen LogP contribution is -2.50. The molecule has 1 aromatic rings. The summed E-state index contributed by atoms with van der Waals surface area (Å²) in [6, 6.07) is 4.55. The molecular weight excluding hydrogens is 260 g/mol. The molecule has 1 aromatic heterocycles. The Morgan fingerprint density at radius 2 is 2.36 bits per heavy atom. The molecule has 0 spiro atoms. The third kappa shape index (κ3) is 2.06. The molecule has 1 fully saturated rings. The second-order valence-electron chi connectivity index (χ2n) is 3.97. The summed E-state index contributed by atoms with van der Waals surface area (Å²) in [5.74, 6) is 2.14. The number of hydrogen-bond acceptors (Lipinski definition) is 3. The first-order valence-corrected chi connectivity index (χ1v) is 6.38. The number of nitrogens with one attached hydrogen (secondary N) is 1. The minimum atomic E-state index is 0.342. The first kappa shape index (κ1) is 10.3. The number of nitrogens with zero attached hydrogens (tertiary/aromatic N) is 1. The molecule has 1 atom stereocenters. The molecule has 1 saturated heterocycles. The molecule has 0 saturated carbocycles. The average Bonchev–Trinajstić information content (AvgIpc) is 2.15. The molecule has 0 radical (unpaired) electrons. The van der Waals surface area contributed by atoms with Gasteiger partial charge in [-0.15, -0.1) is 0 Å². The van der Waals surface area contributed by atoms with Crippen molar-refractivity contribution in [3.63, 3.8) is 0 Å². The van der Waals surface area contributed by atoms with Gasteiger partial charge in [-0.1, -0.05) is 0 Å². The van der Waals surface area contributed by atoms with E-state index in [0.29, 0.717) is 10.8 Å². The van der Waals surface area contributed by atoms with Gasteiger partial charge in [0.1, 0.15) is 5.82 Å². The Bertz CT molecular complexity index is 323. The van der Waals surface area contributed by atoms with Crippen molar-refractivity contribution in [2.75, 3.05) is 11.1 Å². The van der Waals surface area contributed by atoms with Crippen molar-refractivity contribution in [2.45, 2.75) is 24.6 Å². The van der Waals surface area contributed by atoms with E-state index in [-0.39, 0.29) is 0 Å². The minimum Gasteiger partial charge on any atom is -0.365 e. The molecule has 2 nitrogen and oxygen atoms in total. The molecule has 1 N–H and O–H groups in total. The van der Waals surface area contributed by atoms with E-state index in [1.54, 1.807) is 0 Å².